The standard InChI is InChI=1S/C13H6BrN5O4/c1-23-13(20)8-2-10(9(14)3-12(8)19(21)22)18-11(6-17)7(4-15)5-16/h2-3,18H,1H3. The van der Waals surface area contributed by atoms with Gasteiger partial charge in [-0.15, -0.1) is 0 Å². The van der Waals surface area contributed by atoms with Gasteiger partial charge in [0, 0.05) is 10.5 Å². The van der Waals surface area contributed by atoms with E-state index in [0.29, 0.717) is 0 Å². The molecular formula is C13H6BrN5O4. The van der Waals surface area contributed by atoms with Crippen LogP contribution in [0, 0.1) is 44.1 Å². The van der Waals surface area contributed by atoms with E-state index >= 15 is 0 Å². The van der Waals surface area contributed by atoms with Crippen molar-refractivity contribution in [2.45, 2.75) is 0 Å². The van der Waals surface area contributed by atoms with Crippen molar-refractivity contribution in [3.8, 4) is 18.2 Å². The van der Waals surface area contributed by atoms with Gasteiger partial charge in [0.1, 0.15) is 29.5 Å². The lowest BCUT2D eigenvalue weighted by molar-refractivity contribution is -0.385. The van der Waals surface area contributed by atoms with E-state index in [4.69, 9.17) is 15.8 Å². The first kappa shape index (κ1) is 17.6. The third kappa shape index (κ3) is 3.82. The number of carbonyl (C=O) groups excluding carboxylic acids is 1. The third-order valence-electron chi connectivity index (χ3n) is 2.53. The van der Waals surface area contributed by atoms with Gasteiger partial charge in [-0.2, -0.15) is 15.8 Å². The number of carbonyl (C=O) groups is 1. The Hall–Kier alpha value is -3.42. The number of nitrogens with one attached hydrogen (secondary N) is 1. The highest BCUT2D eigenvalue weighted by Crippen LogP contribution is 2.32. The molecule has 0 saturated carbocycles. The average Bonchev–Trinajstić information content (AvgIpc) is 2.54. The Morgan fingerprint density at radius 1 is 1.30 bits per heavy atom. The number of esters is 1. The highest BCUT2D eigenvalue weighted by molar-refractivity contribution is 9.10. The van der Waals surface area contributed by atoms with E-state index in [2.05, 4.69) is 26.0 Å². The lowest BCUT2D eigenvalue weighted by Crippen LogP contribution is -2.08. The number of nitriles is 3. The van der Waals surface area contributed by atoms with Gasteiger partial charge in [0.15, 0.2) is 5.57 Å². The van der Waals surface area contributed by atoms with Crippen molar-refractivity contribution >= 4 is 33.3 Å². The molecule has 0 aliphatic heterocycles. The summed E-state index contributed by atoms with van der Waals surface area (Å²) in [6.45, 7) is 0. The zero-order valence-electron chi connectivity index (χ0n) is 11.5. The molecule has 0 aliphatic rings. The molecule has 0 aromatic heterocycles. The molecule has 1 rings (SSSR count). The maximum Gasteiger partial charge on any atom is 0.344 e. The van der Waals surface area contributed by atoms with Crippen LogP contribution in [0.1, 0.15) is 10.4 Å². The van der Waals surface area contributed by atoms with E-state index in [1.54, 1.807) is 6.07 Å². The fourth-order valence-electron chi connectivity index (χ4n) is 1.50. The van der Waals surface area contributed by atoms with Gasteiger partial charge in [0.2, 0.25) is 0 Å². The number of benzene rings is 1. The first-order valence-corrected chi connectivity index (χ1v) is 6.46. The van der Waals surface area contributed by atoms with Crippen LogP contribution in [0.4, 0.5) is 11.4 Å². The van der Waals surface area contributed by atoms with Crippen LogP contribution in [-0.4, -0.2) is 18.0 Å². The average molecular weight is 376 g/mol. The molecule has 0 radical (unpaired) electrons. The SMILES string of the molecule is COC(=O)c1cc(NC(C#N)=C(C#N)C#N)c(Br)cc1[N+](=O)[O-]. The van der Waals surface area contributed by atoms with Crippen molar-refractivity contribution in [2.24, 2.45) is 0 Å². The molecule has 0 saturated heterocycles. The van der Waals surface area contributed by atoms with Crippen molar-refractivity contribution < 1.29 is 14.5 Å². The molecular weight excluding hydrogens is 370 g/mol. The van der Waals surface area contributed by atoms with Crippen LogP contribution in [0.5, 0.6) is 0 Å². The number of nitrogens with zero attached hydrogens (tertiary/aromatic N) is 4. The summed E-state index contributed by atoms with van der Waals surface area (Å²) in [5.74, 6) is -0.949. The second-order valence-corrected chi connectivity index (χ2v) is 4.66. The summed E-state index contributed by atoms with van der Waals surface area (Å²) < 4.78 is 4.63. The van der Waals surface area contributed by atoms with Crippen molar-refractivity contribution in [2.75, 3.05) is 12.4 Å². The Kier molecular flexibility index (Phi) is 5.79. The predicted octanol–water partition coefficient (Wildman–Crippen LogP) is 2.38. The zero-order valence-corrected chi connectivity index (χ0v) is 13.0. The van der Waals surface area contributed by atoms with Gasteiger partial charge >= 0.3 is 5.97 Å². The number of nitro benzene ring substituents is 1. The summed E-state index contributed by atoms with van der Waals surface area (Å²) in [6, 6.07) is 6.84. The van der Waals surface area contributed by atoms with E-state index in [9.17, 15) is 14.9 Å². The molecule has 9 nitrogen and oxygen atoms in total. The summed E-state index contributed by atoms with van der Waals surface area (Å²) in [5, 5.41) is 40.0. The highest BCUT2D eigenvalue weighted by atomic mass is 79.9. The van der Waals surface area contributed by atoms with Crippen molar-refractivity contribution in [3.63, 3.8) is 0 Å². The molecule has 0 amide bonds. The second-order valence-electron chi connectivity index (χ2n) is 3.81. The minimum absolute atomic E-state index is 0.0792. The molecule has 0 aliphatic carbocycles. The lowest BCUT2D eigenvalue weighted by Gasteiger charge is -2.09. The zero-order chi connectivity index (χ0) is 17.6. The fraction of sp³-hybridized carbons (Fsp3) is 0.0769. The number of hydrogen-bond donors (Lipinski definition) is 1. The maximum absolute atomic E-state index is 11.7. The first-order chi connectivity index (χ1) is 10.9. The van der Waals surface area contributed by atoms with Crippen LogP contribution in [0.2, 0.25) is 0 Å². The number of nitro groups is 1. The minimum Gasteiger partial charge on any atom is -0.465 e. The Morgan fingerprint density at radius 2 is 1.91 bits per heavy atom. The van der Waals surface area contributed by atoms with Crippen molar-refractivity contribution in [1.82, 2.24) is 0 Å². The summed E-state index contributed by atoms with van der Waals surface area (Å²) in [6.07, 6.45) is 0. The molecule has 1 aromatic rings. The van der Waals surface area contributed by atoms with Gasteiger partial charge in [-0.25, -0.2) is 4.79 Å². The van der Waals surface area contributed by atoms with Crippen LogP contribution in [0.15, 0.2) is 27.9 Å². The number of methoxy groups -OCH3 is 1. The molecule has 0 atom stereocenters. The molecule has 0 heterocycles. The number of halogens is 1. The van der Waals surface area contributed by atoms with Crippen LogP contribution < -0.4 is 5.32 Å². The van der Waals surface area contributed by atoms with Crippen LogP contribution in [0.3, 0.4) is 0 Å². The lowest BCUT2D eigenvalue weighted by atomic mass is 10.1. The summed E-state index contributed by atoms with van der Waals surface area (Å²) in [5.41, 5.74) is -1.61. The number of anilines is 1. The number of ether oxygens (including phenoxy) is 1. The first-order valence-electron chi connectivity index (χ1n) is 5.67. The van der Waals surface area contributed by atoms with E-state index in [1.165, 1.54) is 12.1 Å². The monoisotopic (exact) mass is 375 g/mol. The molecule has 0 unspecified atom stereocenters. The third-order valence-corrected chi connectivity index (χ3v) is 3.19. The Balaban J connectivity index is 3.52. The molecule has 0 bridgehead atoms. The van der Waals surface area contributed by atoms with E-state index in [1.807, 2.05) is 0 Å². The molecule has 1 aromatic carbocycles. The second kappa shape index (κ2) is 7.55. The Labute approximate surface area is 138 Å². The normalized spacial score (nSPS) is 8.83. The Morgan fingerprint density at radius 3 is 2.35 bits per heavy atom. The number of rotatable bonds is 4. The molecule has 1 N–H and O–H groups in total. The number of hydrogen-bond acceptors (Lipinski definition) is 8. The van der Waals surface area contributed by atoms with Gasteiger partial charge in [0.05, 0.1) is 17.7 Å². The summed E-state index contributed by atoms with van der Waals surface area (Å²) >= 11 is 3.05. The van der Waals surface area contributed by atoms with Gasteiger partial charge < -0.3 is 10.1 Å². The van der Waals surface area contributed by atoms with Crippen molar-refractivity contribution in [1.29, 1.82) is 15.8 Å². The van der Waals surface area contributed by atoms with Gasteiger partial charge in [0.25, 0.3) is 5.69 Å². The van der Waals surface area contributed by atoms with Crippen LogP contribution in [0.25, 0.3) is 0 Å². The minimum atomic E-state index is -0.949. The summed E-state index contributed by atoms with van der Waals surface area (Å²) in [4.78, 5) is 21.9. The predicted molar refractivity (Wildman–Crippen MR) is 79.6 cm³/mol. The van der Waals surface area contributed by atoms with E-state index < -0.39 is 22.2 Å². The highest BCUT2D eigenvalue weighted by Gasteiger charge is 2.24. The molecule has 23 heavy (non-hydrogen) atoms. The van der Waals surface area contributed by atoms with Gasteiger partial charge in [-0.1, -0.05) is 0 Å². The van der Waals surface area contributed by atoms with Crippen LogP contribution >= 0.6 is 15.9 Å². The smallest absolute Gasteiger partial charge is 0.344 e. The van der Waals surface area contributed by atoms with Crippen LogP contribution in [-0.2, 0) is 4.74 Å². The molecule has 10 heteroatoms. The molecule has 0 spiro atoms. The molecule has 114 valence electrons. The topological polar surface area (TPSA) is 153 Å². The fourth-order valence-corrected chi connectivity index (χ4v) is 1.93. The van der Waals surface area contributed by atoms with Crippen molar-refractivity contribution in [3.05, 3.63) is 43.6 Å². The van der Waals surface area contributed by atoms with E-state index in [-0.39, 0.29) is 21.4 Å². The number of allylic oxidation sites excluding steroid dienone is 2. The largest absolute Gasteiger partial charge is 0.465 e. The van der Waals surface area contributed by atoms with Gasteiger partial charge in [-0.05, 0) is 22.0 Å². The quantitative estimate of drug-likeness (QED) is 0.364. The Bertz CT molecular complexity index is 826. The maximum atomic E-state index is 11.7. The summed E-state index contributed by atoms with van der Waals surface area (Å²) in [7, 11) is 1.06. The molecule has 0 fully saturated rings. The van der Waals surface area contributed by atoms with E-state index in [0.717, 1.165) is 19.2 Å². The van der Waals surface area contributed by atoms with Gasteiger partial charge in [-0.3, -0.25) is 10.1 Å².